The monoisotopic (exact) mass is 334 g/mol. The van der Waals surface area contributed by atoms with Gasteiger partial charge in [-0.2, -0.15) is 4.31 Å². The Morgan fingerprint density at radius 1 is 1.29 bits per heavy atom. The lowest BCUT2D eigenvalue weighted by molar-refractivity contribution is 0.394. The molecule has 0 radical (unpaired) electrons. The summed E-state index contributed by atoms with van der Waals surface area (Å²) >= 11 is 0. The average molecular weight is 335 g/mol. The molecule has 7 heteroatoms. The number of hydrogen-bond acceptors (Lipinski definition) is 4. The van der Waals surface area contributed by atoms with E-state index in [9.17, 15) is 8.42 Å². The van der Waals surface area contributed by atoms with E-state index in [4.69, 9.17) is 10.5 Å². The van der Waals surface area contributed by atoms with Crippen LogP contribution in [0.5, 0.6) is 5.75 Å². The number of aryl methyl sites for hydroxylation is 2. The summed E-state index contributed by atoms with van der Waals surface area (Å²) in [4.78, 5) is 0.235. The molecule has 2 unspecified atom stereocenters. The Bertz CT molecular complexity index is 609. The fraction of sp³-hybridized carbons (Fsp3) is 0.571. The van der Waals surface area contributed by atoms with Crippen molar-refractivity contribution >= 4 is 22.4 Å². The topological polar surface area (TPSA) is 72.6 Å². The van der Waals surface area contributed by atoms with Crippen molar-refractivity contribution in [1.82, 2.24) is 4.31 Å². The van der Waals surface area contributed by atoms with Crippen LogP contribution in [0.3, 0.4) is 0 Å². The minimum absolute atomic E-state index is 0. The van der Waals surface area contributed by atoms with Gasteiger partial charge in [0.1, 0.15) is 10.6 Å². The fourth-order valence-electron chi connectivity index (χ4n) is 2.65. The first kappa shape index (κ1) is 18.2. The molecular weight excluding hydrogens is 312 g/mol. The molecule has 120 valence electrons. The minimum atomic E-state index is -3.56. The zero-order chi connectivity index (χ0) is 15.1. The SMILES string of the molecule is COc1c(C)cc(C)cc1S(=O)(=O)N1CC(C)C(N)C1.Cl. The number of benzene rings is 1. The zero-order valence-electron chi connectivity index (χ0n) is 12.8. The summed E-state index contributed by atoms with van der Waals surface area (Å²) in [6, 6.07) is 3.47. The van der Waals surface area contributed by atoms with Crippen LogP contribution in [0.15, 0.2) is 17.0 Å². The summed E-state index contributed by atoms with van der Waals surface area (Å²) < 4.78 is 32.4. The summed E-state index contributed by atoms with van der Waals surface area (Å²) in [6.07, 6.45) is 0. The van der Waals surface area contributed by atoms with Crippen molar-refractivity contribution in [2.24, 2.45) is 11.7 Å². The fourth-order valence-corrected chi connectivity index (χ4v) is 4.54. The molecule has 0 aromatic heterocycles. The van der Waals surface area contributed by atoms with Crippen LogP contribution in [0.2, 0.25) is 0 Å². The Labute approximate surface area is 132 Å². The van der Waals surface area contributed by atoms with E-state index in [0.717, 1.165) is 11.1 Å². The van der Waals surface area contributed by atoms with E-state index in [0.29, 0.717) is 18.8 Å². The lowest BCUT2D eigenvalue weighted by atomic mass is 10.1. The van der Waals surface area contributed by atoms with Crippen molar-refractivity contribution in [1.29, 1.82) is 0 Å². The van der Waals surface area contributed by atoms with Crippen molar-refractivity contribution < 1.29 is 13.2 Å². The molecule has 2 atom stereocenters. The Balaban J connectivity index is 0.00000220. The summed E-state index contributed by atoms with van der Waals surface area (Å²) in [5.41, 5.74) is 7.66. The third-order valence-corrected chi connectivity index (χ3v) is 5.68. The summed E-state index contributed by atoms with van der Waals surface area (Å²) in [7, 11) is -2.07. The van der Waals surface area contributed by atoms with Gasteiger partial charge < -0.3 is 10.5 Å². The van der Waals surface area contributed by atoms with Crippen molar-refractivity contribution in [3.8, 4) is 5.75 Å². The Morgan fingerprint density at radius 2 is 1.90 bits per heavy atom. The van der Waals surface area contributed by atoms with Crippen LogP contribution in [0, 0.1) is 19.8 Å². The lowest BCUT2D eigenvalue weighted by Crippen LogP contribution is -2.32. The number of nitrogens with two attached hydrogens (primary N) is 1. The lowest BCUT2D eigenvalue weighted by Gasteiger charge is -2.19. The number of sulfonamides is 1. The van der Waals surface area contributed by atoms with E-state index in [1.807, 2.05) is 26.8 Å². The summed E-state index contributed by atoms with van der Waals surface area (Å²) in [5.74, 6) is 0.588. The molecule has 1 fully saturated rings. The smallest absolute Gasteiger partial charge is 0.246 e. The normalized spacial score (nSPS) is 22.9. The van der Waals surface area contributed by atoms with E-state index >= 15 is 0 Å². The summed E-state index contributed by atoms with van der Waals surface area (Å²) in [6.45, 7) is 6.52. The number of halogens is 1. The van der Waals surface area contributed by atoms with Crippen LogP contribution in [-0.2, 0) is 10.0 Å². The second-order valence-corrected chi connectivity index (χ2v) is 7.48. The minimum Gasteiger partial charge on any atom is -0.495 e. The van der Waals surface area contributed by atoms with Crippen molar-refractivity contribution in [3.05, 3.63) is 23.3 Å². The Hall–Kier alpha value is -0.820. The van der Waals surface area contributed by atoms with Gasteiger partial charge in [0.2, 0.25) is 10.0 Å². The largest absolute Gasteiger partial charge is 0.495 e. The van der Waals surface area contributed by atoms with E-state index in [2.05, 4.69) is 0 Å². The van der Waals surface area contributed by atoms with Crippen molar-refractivity contribution in [3.63, 3.8) is 0 Å². The van der Waals surface area contributed by atoms with Crippen LogP contribution in [0.1, 0.15) is 18.1 Å². The van der Waals surface area contributed by atoms with Crippen LogP contribution in [0.25, 0.3) is 0 Å². The zero-order valence-corrected chi connectivity index (χ0v) is 14.4. The molecule has 0 saturated carbocycles. The average Bonchev–Trinajstić information content (AvgIpc) is 2.69. The second-order valence-electron chi connectivity index (χ2n) is 5.58. The van der Waals surface area contributed by atoms with Gasteiger partial charge >= 0.3 is 0 Å². The van der Waals surface area contributed by atoms with Crippen molar-refractivity contribution in [2.75, 3.05) is 20.2 Å². The summed E-state index contributed by atoms with van der Waals surface area (Å²) in [5, 5.41) is 0. The first-order valence-electron chi connectivity index (χ1n) is 6.68. The number of methoxy groups -OCH3 is 1. The highest BCUT2D eigenvalue weighted by atomic mass is 35.5. The van der Waals surface area contributed by atoms with Crippen LogP contribution in [-0.4, -0.2) is 39.0 Å². The molecular formula is C14H23ClN2O3S. The molecule has 5 nitrogen and oxygen atoms in total. The molecule has 1 aliphatic heterocycles. The van der Waals surface area contributed by atoms with Crippen molar-refractivity contribution in [2.45, 2.75) is 31.7 Å². The highest BCUT2D eigenvalue weighted by Crippen LogP contribution is 2.33. The highest BCUT2D eigenvalue weighted by Gasteiger charge is 2.37. The van der Waals surface area contributed by atoms with Gasteiger partial charge in [0.25, 0.3) is 0 Å². The molecule has 1 aromatic carbocycles. The van der Waals surface area contributed by atoms with Crippen LogP contribution in [0.4, 0.5) is 0 Å². The third-order valence-electron chi connectivity index (χ3n) is 3.84. The maximum absolute atomic E-state index is 12.8. The van der Waals surface area contributed by atoms with Gasteiger partial charge in [-0.05, 0) is 37.0 Å². The van der Waals surface area contributed by atoms with Gasteiger partial charge in [-0.3, -0.25) is 0 Å². The highest BCUT2D eigenvalue weighted by molar-refractivity contribution is 7.89. The van der Waals surface area contributed by atoms with Gasteiger partial charge in [-0.25, -0.2) is 8.42 Å². The number of ether oxygens (including phenoxy) is 1. The molecule has 1 aliphatic rings. The first-order valence-corrected chi connectivity index (χ1v) is 8.12. The van der Waals surface area contributed by atoms with Gasteiger partial charge in [-0.15, -0.1) is 12.4 Å². The standard InChI is InChI=1S/C14H22N2O3S.ClH/c1-9-5-10(2)14(19-4)13(6-9)20(17,18)16-7-11(3)12(15)8-16;/h5-6,11-12H,7-8,15H2,1-4H3;1H. The predicted octanol–water partition coefficient (Wildman–Crippen LogP) is 1.70. The van der Waals surface area contributed by atoms with Gasteiger partial charge in [0.05, 0.1) is 7.11 Å². The van der Waals surface area contributed by atoms with E-state index in [-0.39, 0.29) is 29.3 Å². The number of hydrogen-bond donors (Lipinski definition) is 1. The van der Waals surface area contributed by atoms with Gasteiger partial charge in [-0.1, -0.05) is 13.0 Å². The number of nitrogens with zero attached hydrogens (tertiary/aromatic N) is 1. The predicted molar refractivity (Wildman–Crippen MR) is 85.6 cm³/mol. The molecule has 1 aromatic rings. The van der Waals surface area contributed by atoms with E-state index < -0.39 is 10.0 Å². The molecule has 1 heterocycles. The van der Waals surface area contributed by atoms with Gasteiger partial charge in [0.15, 0.2) is 0 Å². The van der Waals surface area contributed by atoms with Gasteiger partial charge in [0, 0.05) is 19.1 Å². The molecule has 0 bridgehead atoms. The molecule has 1 saturated heterocycles. The molecule has 0 aliphatic carbocycles. The molecule has 2 N–H and O–H groups in total. The van der Waals surface area contributed by atoms with E-state index in [1.54, 1.807) is 6.07 Å². The Morgan fingerprint density at radius 3 is 2.38 bits per heavy atom. The molecule has 0 spiro atoms. The maximum Gasteiger partial charge on any atom is 0.246 e. The maximum atomic E-state index is 12.8. The second kappa shape index (κ2) is 6.52. The van der Waals surface area contributed by atoms with Crippen LogP contribution >= 0.6 is 12.4 Å². The van der Waals surface area contributed by atoms with Crippen LogP contribution < -0.4 is 10.5 Å². The first-order chi connectivity index (χ1) is 9.27. The Kier molecular flexibility index (Phi) is 5.66. The molecule has 0 amide bonds. The third kappa shape index (κ3) is 3.34. The molecule has 21 heavy (non-hydrogen) atoms. The molecule has 2 rings (SSSR count). The number of rotatable bonds is 3. The quantitative estimate of drug-likeness (QED) is 0.913. The van der Waals surface area contributed by atoms with E-state index in [1.165, 1.54) is 11.4 Å².